The molecule has 3 unspecified atom stereocenters. The standard InChI is InChI=1S/C17H31N/c1-3-12-18-17(16-11-10-14(2)13-16)15-8-6-4-5-7-9-15/h8,14,16-18H,3-7,9-13H2,1-2H3. The Bertz CT molecular complexity index is 269. The van der Waals surface area contributed by atoms with Crippen molar-refractivity contribution >= 4 is 0 Å². The molecule has 2 aliphatic carbocycles. The van der Waals surface area contributed by atoms with Crippen LogP contribution in [0.1, 0.15) is 71.6 Å². The first-order valence-corrected chi connectivity index (χ1v) is 8.23. The third-order valence-corrected chi connectivity index (χ3v) is 4.80. The van der Waals surface area contributed by atoms with Crippen molar-refractivity contribution in [1.82, 2.24) is 5.32 Å². The molecule has 3 atom stereocenters. The molecular weight excluding hydrogens is 218 g/mol. The van der Waals surface area contributed by atoms with E-state index in [1.54, 1.807) is 5.57 Å². The molecule has 0 aliphatic heterocycles. The lowest BCUT2D eigenvalue weighted by Crippen LogP contribution is -2.37. The van der Waals surface area contributed by atoms with Crippen LogP contribution in [0.25, 0.3) is 0 Å². The Labute approximate surface area is 113 Å². The van der Waals surface area contributed by atoms with Crippen molar-refractivity contribution in [3.05, 3.63) is 11.6 Å². The van der Waals surface area contributed by atoms with Gasteiger partial charge in [-0.3, -0.25) is 0 Å². The molecule has 1 N–H and O–H groups in total. The van der Waals surface area contributed by atoms with Crippen LogP contribution >= 0.6 is 0 Å². The Morgan fingerprint density at radius 1 is 1.28 bits per heavy atom. The molecule has 0 spiro atoms. The zero-order chi connectivity index (χ0) is 12.8. The molecule has 104 valence electrons. The Balaban J connectivity index is 2.00. The summed E-state index contributed by atoms with van der Waals surface area (Å²) in [7, 11) is 0. The van der Waals surface area contributed by atoms with Crippen LogP contribution < -0.4 is 5.32 Å². The largest absolute Gasteiger partial charge is 0.310 e. The molecule has 2 aliphatic rings. The van der Waals surface area contributed by atoms with Crippen LogP contribution in [-0.4, -0.2) is 12.6 Å². The van der Waals surface area contributed by atoms with Gasteiger partial charge in [-0.2, -0.15) is 0 Å². The second-order valence-electron chi connectivity index (χ2n) is 6.49. The molecule has 0 amide bonds. The monoisotopic (exact) mass is 249 g/mol. The van der Waals surface area contributed by atoms with Gasteiger partial charge >= 0.3 is 0 Å². The first kappa shape index (κ1) is 14.1. The van der Waals surface area contributed by atoms with Crippen LogP contribution in [-0.2, 0) is 0 Å². The van der Waals surface area contributed by atoms with Crippen molar-refractivity contribution in [2.45, 2.75) is 77.7 Å². The summed E-state index contributed by atoms with van der Waals surface area (Å²) in [6.45, 7) is 5.90. The van der Waals surface area contributed by atoms with Crippen LogP contribution in [0.5, 0.6) is 0 Å². The van der Waals surface area contributed by atoms with Gasteiger partial charge in [0.05, 0.1) is 0 Å². The maximum absolute atomic E-state index is 3.86. The smallest absolute Gasteiger partial charge is 0.0307 e. The molecule has 1 heteroatoms. The van der Waals surface area contributed by atoms with E-state index in [0.29, 0.717) is 6.04 Å². The summed E-state index contributed by atoms with van der Waals surface area (Å²) in [5.41, 5.74) is 1.75. The SMILES string of the molecule is CCCNC(C1=CCCCCC1)C1CCC(C)C1. The number of hydrogen-bond donors (Lipinski definition) is 1. The maximum Gasteiger partial charge on any atom is 0.0307 e. The van der Waals surface area contributed by atoms with E-state index < -0.39 is 0 Å². The van der Waals surface area contributed by atoms with Gasteiger partial charge in [-0.15, -0.1) is 0 Å². The quantitative estimate of drug-likeness (QED) is 0.698. The molecule has 1 saturated carbocycles. The fraction of sp³-hybridized carbons (Fsp3) is 0.882. The molecule has 0 aromatic rings. The van der Waals surface area contributed by atoms with E-state index in [4.69, 9.17) is 0 Å². The molecule has 1 fully saturated rings. The van der Waals surface area contributed by atoms with Crippen molar-refractivity contribution in [2.24, 2.45) is 11.8 Å². The summed E-state index contributed by atoms with van der Waals surface area (Å²) in [5.74, 6) is 1.86. The molecule has 0 bridgehead atoms. The van der Waals surface area contributed by atoms with Gasteiger partial charge in [-0.1, -0.05) is 38.3 Å². The van der Waals surface area contributed by atoms with Crippen molar-refractivity contribution in [3.8, 4) is 0 Å². The van der Waals surface area contributed by atoms with Crippen molar-refractivity contribution in [2.75, 3.05) is 6.54 Å². The molecule has 0 saturated heterocycles. The Morgan fingerprint density at radius 2 is 2.17 bits per heavy atom. The van der Waals surface area contributed by atoms with Gasteiger partial charge in [-0.25, -0.2) is 0 Å². The zero-order valence-electron chi connectivity index (χ0n) is 12.4. The number of rotatable bonds is 5. The Kier molecular flexibility index (Phi) is 5.75. The van der Waals surface area contributed by atoms with E-state index in [1.165, 1.54) is 64.3 Å². The van der Waals surface area contributed by atoms with Crippen molar-refractivity contribution in [3.63, 3.8) is 0 Å². The molecular formula is C17H31N. The lowest BCUT2D eigenvalue weighted by Gasteiger charge is -2.28. The van der Waals surface area contributed by atoms with Crippen molar-refractivity contribution in [1.29, 1.82) is 0 Å². The molecule has 2 rings (SSSR count). The lowest BCUT2D eigenvalue weighted by molar-refractivity contribution is 0.381. The van der Waals surface area contributed by atoms with Crippen LogP contribution in [0.15, 0.2) is 11.6 Å². The lowest BCUT2D eigenvalue weighted by atomic mass is 9.88. The third-order valence-electron chi connectivity index (χ3n) is 4.80. The van der Waals surface area contributed by atoms with E-state index in [1.807, 2.05) is 0 Å². The van der Waals surface area contributed by atoms with Crippen LogP contribution in [0, 0.1) is 11.8 Å². The fourth-order valence-electron chi connectivity index (χ4n) is 3.78. The van der Waals surface area contributed by atoms with Gasteiger partial charge < -0.3 is 5.32 Å². The normalized spacial score (nSPS) is 30.9. The topological polar surface area (TPSA) is 12.0 Å². The molecule has 0 radical (unpaired) electrons. The van der Waals surface area contributed by atoms with E-state index >= 15 is 0 Å². The Hall–Kier alpha value is -0.300. The minimum Gasteiger partial charge on any atom is -0.310 e. The predicted octanol–water partition coefficient (Wildman–Crippen LogP) is 4.68. The second kappa shape index (κ2) is 7.33. The fourth-order valence-corrected chi connectivity index (χ4v) is 3.78. The predicted molar refractivity (Wildman–Crippen MR) is 79.8 cm³/mol. The first-order valence-electron chi connectivity index (χ1n) is 8.23. The molecule has 18 heavy (non-hydrogen) atoms. The average Bonchev–Trinajstić information content (AvgIpc) is 2.65. The van der Waals surface area contributed by atoms with Gasteiger partial charge in [0, 0.05) is 6.04 Å². The van der Waals surface area contributed by atoms with E-state index in [0.717, 1.165) is 11.8 Å². The summed E-state index contributed by atoms with van der Waals surface area (Å²) < 4.78 is 0. The summed E-state index contributed by atoms with van der Waals surface area (Å²) in [4.78, 5) is 0. The highest BCUT2D eigenvalue weighted by Crippen LogP contribution is 2.36. The summed E-state index contributed by atoms with van der Waals surface area (Å²) in [6.07, 6.45) is 15.1. The molecule has 0 heterocycles. The van der Waals surface area contributed by atoms with Crippen molar-refractivity contribution < 1.29 is 0 Å². The van der Waals surface area contributed by atoms with E-state index in [9.17, 15) is 0 Å². The average molecular weight is 249 g/mol. The van der Waals surface area contributed by atoms with Crippen LogP contribution in [0.2, 0.25) is 0 Å². The molecule has 0 aromatic heterocycles. The highest BCUT2D eigenvalue weighted by molar-refractivity contribution is 5.14. The minimum atomic E-state index is 0.702. The maximum atomic E-state index is 3.86. The Morgan fingerprint density at radius 3 is 2.89 bits per heavy atom. The summed E-state index contributed by atoms with van der Waals surface area (Å²) in [5, 5.41) is 3.86. The van der Waals surface area contributed by atoms with Crippen LogP contribution in [0.4, 0.5) is 0 Å². The van der Waals surface area contributed by atoms with Gasteiger partial charge in [0.2, 0.25) is 0 Å². The highest BCUT2D eigenvalue weighted by Gasteiger charge is 2.30. The summed E-state index contributed by atoms with van der Waals surface area (Å²) in [6, 6.07) is 0.702. The van der Waals surface area contributed by atoms with Gasteiger partial charge in [0.25, 0.3) is 0 Å². The first-order chi connectivity index (χ1) is 8.81. The summed E-state index contributed by atoms with van der Waals surface area (Å²) >= 11 is 0. The van der Waals surface area contributed by atoms with E-state index in [-0.39, 0.29) is 0 Å². The van der Waals surface area contributed by atoms with Gasteiger partial charge in [0.15, 0.2) is 0 Å². The number of nitrogens with one attached hydrogen (secondary N) is 1. The minimum absolute atomic E-state index is 0.702. The zero-order valence-corrected chi connectivity index (χ0v) is 12.4. The van der Waals surface area contributed by atoms with Gasteiger partial charge in [0.1, 0.15) is 0 Å². The third kappa shape index (κ3) is 3.85. The second-order valence-corrected chi connectivity index (χ2v) is 6.49. The number of hydrogen-bond acceptors (Lipinski definition) is 1. The van der Waals surface area contributed by atoms with Crippen LogP contribution in [0.3, 0.4) is 0 Å². The number of allylic oxidation sites excluding steroid dienone is 1. The van der Waals surface area contributed by atoms with E-state index in [2.05, 4.69) is 25.2 Å². The highest BCUT2D eigenvalue weighted by atomic mass is 14.9. The van der Waals surface area contributed by atoms with Gasteiger partial charge in [-0.05, 0) is 63.3 Å². The molecule has 0 aromatic carbocycles. The molecule has 1 nitrogen and oxygen atoms in total.